The lowest BCUT2D eigenvalue weighted by molar-refractivity contribution is -0.141. The minimum atomic E-state index is -1.02. The van der Waals surface area contributed by atoms with E-state index in [1.807, 2.05) is 48.5 Å². The quantitative estimate of drug-likeness (QED) is 0.184. The third kappa shape index (κ3) is 12.2. The Morgan fingerprint density at radius 2 is 1.68 bits per heavy atom. The zero-order valence-corrected chi connectivity index (χ0v) is 23.5. The topological polar surface area (TPSA) is 106 Å². The molecule has 8 nitrogen and oxygen atoms in total. The summed E-state index contributed by atoms with van der Waals surface area (Å²) in [5.74, 6) is -1.30. The fourth-order valence-corrected chi connectivity index (χ4v) is 4.22. The molecule has 2 aromatic rings. The molecule has 2 aromatic carbocycles. The molecule has 0 aliphatic heterocycles. The van der Waals surface area contributed by atoms with Crippen molar-refractivity contribution in [1.82, 2.24) is 10.6 Å². The third-order valence-electron chi connectivity index (χ3n) is 5.93. The molecule has 0 spiro atoms. The predicted octanol–water partition coefficient (Wildman–Crippen LogP) is 4.07. The van der Waals surface area contributed by atoms with Gasteiger partial charge in [0.15, 0.2) is 0 Å². The van der Waals surface area contributed by atoms with Crippen molar-refractivity contribution in [1.29, 1.82) is 0 Å². The molecule has 38 heavy (non-hydrogen) atoms. The van der Waals surface area contributed by atoms with Crippen LogP contribution in [0.5, 0.6) is 5.75 Å². The van der Waals surface area contributed by atoms with Gasteiger partial charge in [-0.15, -0.1) is 0 Å². The zero-order valence-electron chi connectivity index (χ0n) is 21.9. The van der Waals surface area contributed by atoms with E-state index in [1.165, 1.54) is 0 Å². The van der Waals surface area contributed by atoms with Crippen molar-refractivity contribution in [2.75, 3.05) is 40.6 Å². The van der Waals surface area contributed by atoms with E-state index >= 15 is 0 Å². The van der Waals surface area contributed by atoms with Gasteiger partial charge in [-0.2, -0.15) is 0 Å². The molecule has 0 saturated carbocycles. The van der Waals surface area contributed by atoms with Crippen LogP contribution in [-0.4, -0.2) is 68.6 Å². The number of halogens is 1. The predicted molar refractivity (Wildman–Crippen MR) is 152 cm³/mol. The Labute approximate surface area is 235 Å². The van der Waals surface area contributed by atoms with Crippen molar-refractivity contribution < 1.29 is 28.9 Å². The second-order valence-corrected chi connectivity index (χ2v) is 9.70. The molecular formula is C28H37ClN2O6S. The summed E-state index contributed by atoms with van der Waals surface area (Å²) >= 11 is 11.6. The maximum atomic E-state index is 13.3. The molecule has 0 fully saturated rings. The lowest BCUT2D eigenvalue weighted by Crippen LogP contribution is -2.49. The molecule has 0 aliphatic rings. The molecule has 0 heterocycles. The number of carboxylic acids is 1. The first kappa shape index (κ1) is 31.5. The smallest absolute Gasteiger partial charge is 0.304 e. The van der Waals surface area contributed by atoms with Gasteiger partial charge in [0.05, 0.1) is 44.4 Å². The van der Waals surface area contributed by atoms with Gasteiger partial charge in [0.2, 0.25) is 5.91 Å². The highest BCUT2D eigenvalue weighted by molar-refractivity contribution is 7.80. The molecule has 0 saturated heterocycles. The van der Waals surface area contributed by atoms with Crippen LogP contribution in [-0.2, 0) is 31.9 Å². The lowest BCUT2D eigenvalue weighted by Gasteiger charge is -2.24. The van der Waals surface area contributed by atoms with Gasteiger partial charge in [0, 0.05) is 24.6 Å². The second kappa shape index (κ2) is 17.7. The van der Waals surface area contributed by atoms with Gasteiger partial charge < -0.3 is 30.0 Å². The number of carboxylic acid groups (broad SMARTS) is 1. The number of aryl methyl sites for hydroxylation is 1. The first-order valence-electron chi connectivity index (χ1n) is 12.6. The highest BCUT2D eigenvalue weighted by atomic mass is 35.5. The fraction of sp³-hybridized carbons (Fsp3) is 0.464. The minimum absolute atomic E-state index is 0.255. The molecule has 2 rings (SSSR count). The Kier molecular flexibility index (Phi) is 14.7. The molecule has 2 atom stereocenters. The average molecular weight is 565 g/mol. The number of amides is 1. The number of thiocarbonyl (C=S) groups is 1. The number of benzene rings is 2. The first-order chi connectivity index (χ1) is 18.3. The van der Waals surface area contributed by atoms with Crippen molar-refractivity contribution >= 4 is 40.7 Å². The number of methoxy groups -OCH3 is 2. The Bertz CT molecular complexity index is 1000. The summed E-state index contributed by atoms with van der Waals surface area (Å²) in [7, 11) is 3.21. The molecule has 0 aliphatic carbocycles. The summed E-state index contributed by atoms with van der Waals surface area (Å²) in [4.78, 5) is 25.3. The largest absolute Gasteiger partial charge is 0.497 e. The van der Waals surface area contributed by atoms with Crippen LogP contribution in [0.2, 0.25) is 5.02 Å². The van der Waals surface area contributed by atoms with Crippen molar-refractivity contribution in [2.24, 2.45) is 5.92 Å². The van der Waals surface area contributed by atoms with Crippen LogP contribution >= 0.6 is 23.8 Å². The summed E-state index contributed by atoms with van der Waals surface area (Å²) in [6.07, 6.45) is 2.01. The minimum Gasteiger partial charge on any atom is -0.497 e. The number of aliphatic carboxylic acids is 1. The molecular weight excluding hydrogens is 528 g/mol. The zero-order chi connectivity index (χ0) is 27.8. The molecule has 2 unspecified atom stereocenters. The maximum Gasteiger partial charge on any atom is 0.304 e. The van der Waals surface area contributed by atoms with Crippen LogP contribution in [0.4, 0.5) is 0 Å². The van der Waals surface area contributed by atoms with E-state index in [0.29, 0.717) is 55.6 Å². The van der Waals surface area contributed by atoms with Crippen molar-refractivity contribution in [3.05, 3.63) is 64.7 Å². The summed E-state index contributed by atoms with van der Waals surface area (Å²) in [5, 5.41) is 16.3. The van der Waals surface area contributed by atoms with E-state index in [0.717, 1.165) is 23.3 Å². The van der Waals surface area contributed by atoms with Crippen LogP contribution in [0.1, 0.15) is 30.4 Å². The molecule has 0 bridgehead atoms. The van der Waals surface area contributed by atoms with Crippen molar-refractivity contribution in [2.45, 2.75) is 38.1 Å². The SMILES string of the molecule is COCCOCCNC(=S)C(Cc1ccc(OC)cc1)NC(=O)C(CCCc1ccc(Cl)cc1)CC(=O)O. The van der Waals surface area contributed by atoms with Gasteiger partial charge in [-0.1, -0.05) is 48.1 Å². The van der Waals surface area contributed by atoms with Crippen LogP contribution < -0.4 is 15.4 Å². The van der Waals surface area contributed by atoms with E-state index in [4.69, 9.17) is 38.0 Å². The van der Waals surface area contributed by atoms with Crippen molar-refractivity contribution in [3.8, 4) is 5.75 Å². The summed E-state index contributed by atoms with van der Waals surface area (Å²) < 4.78 is 15.7. The first-order valence-corrected chi connectivity index (χ1v) is 13.3. The standard InChI is InChI=1S/C28H37ClN2O6S/c1-35-16-17-37-15-14-30-28(38)25(18-21-8-12-24(36-2)13-9-21)31-27(34)22(19-26(32)33)5-3-4-20-6-10-23(29)11-7-20/h6-13,22,25H,3-5,14-19H2,1-2H3,(H,30,38)(H,31,34)(H,32,33). The number of carbonyl (C=O) groups excluding carboxylic acids is 1. The van der Waals surface area contributed by atoms with Gasteiger partial charge in [-0.05, 0) is 61.1 Å². The Balaban J connectivity index is 2.04. The normalized spacial score (nSPS) is 12.4. The number of rotatable bonds is 18. The summed E-state index contributed by atoms with van der Waals surface area (Å²) in [5.41, 5.74) is 2.04. The van der Waals surface area contributed by atoms with Crippen LogP contribution in [0, 0.1) is 5.92 Å². The number of ether oxygens (including phenoxy) is 3. The summed E-state index contributed by atoms with van der Waals surface area (Å²) in [6, 6.07) is 14.5. The highest BCUT2D eigenvalue weighted by Crippen LogP contribution is 2.18. The van der Waals surface area contributed by atoms with Gasteiger partial charge in [0.25, 0.3) is 0 Å². The second-order valence-electron chi connectivity index (χ2n) is 8.82. The van der Waals surface area contributed by atoms with E-state index in [9.17, 15) is 14.7 Å². The number of hydrogen-bond donors (Lipinski definition) is 3. The Morgan fingerprint density at radius 3 is 2.32 bits per heavy atom. The van der Waals surface area contributed by atoms with E-state index in [-0.39, 0.29) is 12.3 Å². The van der Waals surface area contributed by atoms with Crippen LogP contribution in [0.3, 0.4) is 0 Å². The van der Waals surface area contributed by atoms with Crippen LogP contribution in [0.25, 0.3) is 0 Å². The lowest BCUT2D eigenvalue weighted by atomic mass is 9.95. The molecule has 0 radical (unpaired) electrons. The van der Waals surface area contributed by atoms with Gasteiger partial charge in [-0.3, -0.25) is 9.59 Å². The Hall–Kier alpha value is -2.72. The number of nitrogens with one attached hydrogen (secondary N) is 2. The van der Waals surface area contributed by atoms with Gasteiger partial charge >= 0.3 is 5.97 Å². The molecule has 208 valence electrons. The summed E-state index contributed by atoms with van der Waals surface area (Å²) in [6.45, 7) is 1.88. The van der Waals surface area contributed by atoms with Crippen LogP contribution in [0.15, 0.2) is 48.5 Å². The third-order valence-corrected chi connectivity index (χ3v) is 6.61. The van der Waals surface area contributed by atoms with Gasteiger partial charge in [0.1, 0.15) is 5.75 Å². The maximum absolute atomic E-state index is 13.3. The fourth-order valence-electron chi connectivity index (χ4n) is 3.85. The number of hydrogen-bond acceptors (Lipinski definition) is 6. The monoisotopic (exact) mass is 564 g/mol. The van der Waals surface area contributed by atoms with Crippen molar-refractivity contribution in [3.63, 3.8) is 0 Å². The van der Waals surface area contributed by atoms with E-state index in [2.05, 4.69) is 10.6 Å². The number of carbonyl (C=O) groups is 2. The van der Waals surface area contributed by atoms with Gasteiger partial charge in [-0.25, -0.2) is 0 Å². The highest BCUT2D eigenvalue weighted by Gasteiger charge is 2.26. The molecule has 0 aromatic heterocycles. The molecule has 3 N–H and O–H groups in total. The average Bonchev–Trinajstić information content (AvgIpc) is 2.90. The molecule has 1 amide bonds. The van der Waals surface area contributed by atoms with E-state index < -0.39 is 17.9 Å². The molecule has 10 heteroatoms. The Morgan fingerprint density at radius 1 is 1.00 bits per heavy atom. The van der Waals surface area contributed by atoms with E-state index in [1.54, 1.807) is 14.2 Å².